The van der Waals surface area contributed by atoms with E-state index in [0.29, 0.717) is 17.3 Å². The van der Waals surface area contributed by atoms with Crippen molar-refractivity contribution in [2.45, 2.75) is 95.4 Å². The predicted octanol–water partition coefficient (Wildman–Crippen LogP) is 20.9. The quantitative estimate of drug-likeness (QED) is 0.123. The van der Waals surface area contributed by atoms with Crippen LogP contribution in [0.25, 0.3) is 110 Å². The zero-order valence-electron chi connectivity index (χ0n) is 59.6. The van der Waals surface area contributed by atoms with Crippen LogP contribution in [0, 0.1) is 105 Å². The second-order valence-electron chi connectivity index (χ2n) is 27.1. The lowest BCUT2D eigenvalue weighted by Crippen LogP contribution is -2.35. The molecule has 0 N–H and O–H groups in total. The average Bonchev–Trinajstić information content (AvgIpc) is 1.49. The number of fused-ring (bicyclic) bond motifs is 8. The molecule has 0 saturated heterocycles. The third-order valence-corrected chi connectivity index (χ3v) is 20.4. The minimum Gasteiger partial charge on any atom is -0.207 e. The lowest BCUT2D eigenvalue weighted by atomic mass is 9.81. The van der Waals surface area contributed by atoms with E-state index in [1.807, 2.05) is 62.8 Å². The molecule has 0 fully saturated rings. The summed E-state index contributed by atoms with van der Waals surface area (Å²) in [5.41, 5.74) is 25.6. The Kier molecular flexibility index (Phi) is 17.6. The van der Waals surface area contributed by atoms with Gasteiger partial charge in [0.25, 0.3) is 0 Å². The summed E-state index contributed by atoms with van der Waals surface area (Å²) in [6.45, 7) is 26.8. The number of rotatable bonds is 4. The van der Waals surface area contributed by atoms with Crippen molar-refractivity contribution in [3.05, 3.63) is 296 Å². The third-order valence-electron chi connectivity index (χ3n) is 20.4. The van der Waals surface area contributed by atoms with Gasteiger partial charge >= 0.3 is 0 Å². The van der Waals surface area contributed by atoms with Gasteiger partial charge in [-0.3, -0.25) is 0 Å². The lowest BCUT2D eigenvalue weighted by Gasteiger charge is -2.22. The Morgan fingerprint density at radius 3 is 1.26 bits per heavy atom. The second-order valence-corrected chi connectivity index (χ2v) is 27.1. The van der Waals surface area contributed by atoms with Gasteiger partial charge in [-0.2, -0.15) is 13.7 Å². The van der Waals surface area contributed by atoms with Crippen molar-refractivity contribution >= 4 is 53.9 Å². The van der Waals surface area contributed by atoms with Crippen molar-refractivity contribution in [2.24, 2.45) is 28.2 Å². The fraction of sp³-hybridized carbons (Fsp3) is 0.205. The van der Waals surface area contributed by atoms with Crippen molar-refractivity contribution < 1.29 is 41.6 Å². The molecule has 0 bridgehead atoms. The smallest absolute Gasteiger partial charge is 0.207 e. The SMILES string of the molecule is Cc1cc(-c2c3ccc(F)cc3cc(C)[n+]2C)c(C)c(C)c1F.Cc1cc2c(cc1-c1c3ccc(F)cc3cc(C)[n+]1C)C(C)(C)c1ccccc1-2.Cc1cc2ccccc2cc1-c1c2ccc(F)cc2cc(C)[n+]1C.[2H]c1cc2cc(F)ccc2c(-c2cc(C)cc(C)c2C)[n+]1C. The molecular formula is C88H83F5N4+4. The Bertz CT molecular complexity index is 5630. The molecule has 4 nitrogen and oxygen atoms in total. The predicted molar refractivity (Wildman–Crippen MR) is 389 cm³/mol. The van der Waals surface area contributed by atoms with Crippen molar-refractivity contribution in [2.75, 3.05) is 0 Å². The molecule has 0 radical (unpaired) electrons. The summed E-state index contributed by atoms with van der Waals surface area (Å²) in [5, 5.41) is 10.0. The van der Waals surface area contributed by atoms with Gasteiger partial charge in [0.2, 0.25) is 22.8 Å². The van der Waals surface area contributed by atoms with Gasteiger partial charge in [-0.15, -0.1) is 0 Å². The zero-order valence-corrected chi connectivity index (χ0v) is 58.6. The standard InChI is InChI=1S/C27H25FN.C22H19FN.C20H20F2N.C19H19FN/c1-16-12-23-21-8-6-7-9-24(21)27(3,4)25(23)15-22(16)26-20-11-10-19(28)14-18(20)13-17(2)29(26)5;1-14-10-16-6-4-5-7-17(16)13-21(14)22-20-9-8-19(23)12-18(20)11-15(2)24(22)3;1-11-8-18(13(3)14(4)19(11)22)20-17-7-6-16(21)10-15(17)9-12(2)23(20)5;1-12-9-13(2)14(3)18(10-12)19-17-6-5-16(20)11-15(17)7-8-21(19)4/h6-15H,1-5H3;4-13H,1-3H3;6-10H,1-5H3;5-11H,1-4H3/q4*+1/i;;;8D. The second kappa shape index (κ2) is 26.1. The van der Waals surface area contributed by atoms with E-state index in [9.17, 15) is 22.0 Å². The van der Waals surface area contributed by atoms with E-state index >= 15 is 0 Å². The molecule has 15 rings (SSSR count). The molecule has 0 unspecified atom stereocenters. The highest BCUT2D eigenvalue weighted by Crippen LogP contribution is 2.50. The van der Waals surface area contributed by atoms with Gasteiger partial charge in [0, 0.05) is 50.5 Å². The maximum Gasteiger partial charge on any atom is 0.220 e. The molecule has 10 aromatic carbocycles. The molecule has 4 aromatic heterocycles. The maximum absolute atomic E-state index is 14.2. The Hall–Kier alpha value is -10.3. The molecule has 97 heavy (non-hydrogen) atoms. The normalized spacial score (nSPS) is 12.2. The number of pyridine rings is 4. The van der Waals surface area contributed by atoms with Crippen molar-refractivity contribution in [3.63, 3.8) is 0 Å². The molecule has 9 heteroatoms. The van der Waals surface area contributed by atoms with E-state index in [1.54, 1.807) is 56.3 Å². The molecule has 1 aliphatic carbocycles. The summed E-state index contributed by atoms with van der Waals surface area (Å²) in [7, 11) is 8.04. The fourth-order valence-electron chi connectivity index (χ4n) is 14.5. The first-order valence-electron chi connectivity index (χ1n) is 33.5. The van der Waals surface area contributed by atoms with Gasteiger partial charge in [0.15, 0.2) is 23.3 Å². The molecule has 0 spiro atoms. The highest BCUT2D eigenvalue weighted by molar-refractivity contribution is 5.99. The number of aromatic nitrogens is 4. The first kappa shape index (κ1) is 65.4. The Morgan fingerprint density at radius 1 is 0.309 bits per heavy atom. The maximum atomic E-state index is 14.2. The van der Waals surface area contributed by atoms with Crippen LogP contribution in [0.1, 0.15) is 87.9 Å². The van der Waals surface area contributed by atoms with E-state index in [2.05, 4.69) is 181 Å². The Balaban J connectivity index is 0.000000125. The summed E-state index contributed by atoms with van der Waals surface area (Å²) in [5.74, 6) is -1.07. The van der Waals surface area contributed by atoms with E-state index in [1.165, 1.54) is 96.2 Å². The summed E-state index contributed by atoms with van der Waals surface area (Å²) in [4.78, 5) is 0. The first-order valence-corrected chi connectivity index (χ1v) is 33.0. The van der Waals surface area contributed by atoms with Gasteiger partial charge in [0.1, 0.15) is 58.6 Å². The minimum absolute atomic E-state index is 0.0430. The van der Waals surface area contributed by atoms with E-state index in [0.717, 1.165) is 99.6 Å². The van der Waals surface area contributed by atoms with Crippen LogP contribution in [0.15, 0.2) is 194 Å². The number of hydrogen-bond donors (Lipinski definition) is 0. The van der Waals surface area contributed by atoms with Crippen LogP contribution in [0.2, 0.25) is 0 Å². The molecule has 14 aromatic rings. The van der Waals surface area contributed by atoms with E-state index < -0.39 is 0 Å². The number of aryl methyl sites for hydroxylation is 8. The highest BCUT2D eigenvalue weighted by Gasteiger charge is 2.37. The molecule has 486 valence electrons. The van der Waals surface area contributed by atoms with Gasteiger partial charge < -0.3 is 0 Å². The molecule has 0 atom stereocenters. The van der Waals surface area contributed by atoms with E-state index in [-0.39, 0.29) is 34.5 Å². The van der Waals surface area contributed by atoms with Crippen LogP contribution in [-0.2, 0) is 33.6 Å². The van der Waals surface area contributed by atoms with E-state index in [4.69, 9.17) is 1.37 Å². The zero-order chi connectivity index (χ0) is 70.2. The van der Waals surface area contributed by atoms with Crippen LogP contribution in [-0.4, -0.2) is 0 Å². The largest absolute Gasteiger partial charge is 0.220 e. The minimum atomic E-state index is -0.274. The molecule has 0 amide bonds. The number of hydrogen-bond acceptors (Lipinski definition) is 0. The highest BCUT2D eigenvalue weighted by atomic mass is 19.1. The van der Waals surface area contributed by atoms with Crippen LogP contribution < -0.4 is 18.3 Å². The average molecular weight is 1290 g/mol. The van der Waals surface area contributed by atoms with Gasteiger partial charge in [-0.05, 0) is 246 Å². The van der Waals surface area contributed by atoms with Gasteiger partial charge in [0.05, 0.1) is 43.8 Å². The summed E-state index contributed by atoms with van der Waals surface area (Å²) >= 11 is 0. The molecule has 0 saturated carbocycles. The van der Waals surface area contributed by atoms with Crippen LogP contribution in [0.4, 0.5) is 22.0 Å². The van der Waals surface area contributed by atoms with Crippen molar-refractivity contribution in [3.8, 4) is 56.2 Å². The summed E-state index contributed by atoms with van der Waals surface area (Å²) in [6, 6.07) is 60.0. The summed E-state index contributed by atoms with van der Waals surface area (Å²) < 4.78 is 85.5. The molecule has 1 aliphatic rings. The molecule has 4 heterocycles. The number of benzene rings is 10. The van der Waals surface area contributed by atoms with Crippen molar-refractivity contribution in [1.29, 1.82) is 0 Å². The van der Waals surface area contributed by atoms with Gasteiger partial charge in [-0.25, -0.2) is 26.5 Å². The summed E-state index contributed by atoms with van der Waals surface area (Å²) in [6.07, 6.45) is 0.367. The van der Waals surface area contributed by atoms with Crippen LogP contribution >= 0.6 is 0 Å². The number of nitrogens with zero attached hydrogens (tertiary/aromatic N) is 4. The fourth-order valence-corrected chi connectivity index (χ4v) is 14.5. The number of halogens is 5. The molecular weight excluding hydrogens is 1210 g/mol. The topological polar surface area (TPSA) is 15.5 Å². The van der Waals surface area contributed by atoms with Gasteiger partial charge in [-0.1, -0.05) is 86.1 Å². The van der Waals surface area contributed by atoms with Crippen LogP contribution in [0.3, 0.4) is 0 Å². The monoisotopic (exact) mass is 1290 g/mol. The third kappa shape index (κ3) is 12.3. The van der Waals surface area contributed by atoms with Crippen LogP contribution in [0.5, 0.6) is 0 Å². The molecule has 0 aliphatic heterocycles. The Labute approximate surface area is 568 Å². The van der Waals surface area contributed by atoms with Crippen molar-refractivity contribution in [1.82, 2.24) is 0 Å². The Morgan fingerprint density at radius 2 is 0.732 bits per heavy atom. The lowest BCUT2D eigenvalue weighted by molar-refractivity contribution is -0.665. The first-order chi connectivity index (χ1) is 46.5.